The van der Waals surface area contributed by atoms with Gasteiger partial charge < -0.3 is 15.1 Å². The standard InChI is InChI=1S/C16H18N2O2/c1-2-15-12(8-10-20-15)16(19)18-9-4-5-11-13(17)6-3-7-14(11)18/h3,6-8,10H,2,4-5,9,17H2,1H3. The van der Waals surface area contributed by atoms with Crippen LogP contribution in [0.2, 0.25) is 0 Å². The van der Waals surface area contributed by atoms with Gasteiger partial charge in [0.15, 0.2) is 0 Å². The van der Waals surface area contributed by atoms with E-state index in [0.717, 1.165) is 42.1 Å². The lowest BCUT2D eigenvalue weighted by Gasteiger charge is -2.30. The summed E-state index contributed by atoms with van der Waals surface area (Å²) < 4.78 is 5.37. The van der Waals surface area contributed by atoms with Gasteiger partial charge >= 0.3 is 0 Å². The van der Waals surface area contributed by atoms with Gasteiger partial charge in [0.05, 0.1) is 11.8 Å². The van der Waals surface area contributed by atoms with Crippen LogP contribution < -0.4 is 10.6 Å². The smallest absolute Gasteiger partial charge is 0.261 e. The maximum Gasteiger partial charge on any atom is 0.261 e. The van der Waals surface area contributed by atoms with Crippen molar-refractivity contribution in [3.8, 4) is 0 Å². The highest BCUT2D eigenvalue weighted by atomic mass is 16.3. The Bertz CT molecular complexity index is 646. The fourth-order valence-electron chi connectivity index (χ4n) is 2.81. The predicted octanol–water partition coefficient (Wildman–Crippen LogP) is 3.02. The third-order valence-corrected chi connectivity index (χ3v) is 3.83. The molecule has 0 aliphatic carbocycles. The maximum absolute atomic E-state index is 12.7. The third kappa shape index (κ3) is 1.97. The second kappa shape index (κ2) is 5.04. The number of aryl methyl sites for hydroxylation is 1. The van der Waals surface area contributed by atoms with Crippen LogP contribution >= 0.6 is 0 Å². The number of carbonyl (C=O) groups is 1. The van der Waals surface area contributed by atoms with Crippen molar-refractivity contribution in [1.82, 2.24) is 0 Å². The van der Waals surface area contributed by atoms with Crippen molar-refractivity contribution in [1.29, 1.82) is 0 Å². The molecule has 1 aromatic heterocycles. The largest absolute Gasteiger partial charge is 0.469 e. The minimum absolute atomic E-state index is 0.00199. The van der Waals surface area contributed by atoms with E-state index in [0.29, 0.717) is 12.0 Å². The van der Waals surface area contributed by atoms with Crippen LogP contribution in [0.25, 0.3) is 0 Å². The van der Waals surface area contributed by atoms with E-state index in [1.807, 2.05) is 30.0 Å². The molecule has 2 aromatic rings. The predicted molar refractivity (Wildman–Crippen MR) is 78.9 cm³/mol. The van der Waals surface area contributed by atoms with E-state index < -0.39 is 0 Å². The monoisotopic (exact) mass is 270 g/mol. The number of furan rings is 1. The molecule has 0 radical (unpaired) electrons. The molecule has 4 nitrogen and oxygen atoms in total. The van der Waals surface area contributed by atoms with Gasteiger partial charge in [-0.2, -0.15) is 0 Å². The summed E-state index contributed by atoms with van der Waals surface area (Å²) in [6.07, 6.45) is 4.16. The van der Waals surface area contributed by atoms with Gasteiger partial charge in [0.1, 0.15) is 5.76 Å². The molecule has 0 unspecified atom stereocenters. The summed E-state index contributed by atoms with van der Waals surface area (Å²) in [6.45, 7) is 2.71. The number of nitrogens with zero attached hydrogens (tertiary/aromatic N) is 1. The van der Waals surface area contributed by atoms with Crippen molar-refractivity contribution < 1.29 is 9.21 Å². The molecule has 1 aliphatic rings. The number of hydrogen-bond acceptors (Lipinski definition) is 3. The molecule has 4 heteroatoms. The van der Waals surface area contributed by atoms with Gasteiger partial charge in [0, 0.05) is 24.3 Å². The van der Waals surface area contributed by atoms with E-state index in [4.69, 9.17) is 10.2 Å². The van der Waals surface area contributed by atoms with Crippen molar-refractivity contribution in [3.63, 3.8) is 0 Å². The summed E-state index contributed by atoms with van der Waals surface area (Å²) in [5, 5.41) is 0. The van der Waals surface area contributed by atoms with Gasteiger partial charge in [-0.1, -0.05) is 13.0 Å². The fraction of sp³-hybridized carbons (Fsp3) is 0.312. The molecule has 0 spiro atoms. The van der Waals surface area contributed by atoms with E-state index in [-0.39, 0.29) is 5.91 Å². The first-order valence-electron chi connectivity index (χ1n) is 6.98. The Hall–Kier alpha value is -2.23. The molecule has 3 rings (SSSR count). The van der Waals surface area contributed by atoms with Crippen LogP contribution in [0.3, 0.4) is 0 Å². The summed E-state index contributed by atoms with van der Waals surface area (Å²) >= 11 is 0. The number of carbonyl (C=O) groups excluding carboxylic acids is 1. The minimum atomic E-state index is 0.00199. The molecule has 0 fully saturated rings. The number of rotatable bonds is 2. The van der Waals surface area contributed by atoms with Crippen LogP contribution in [-0.2, 0) is 12.8 Å². The highest BCUT2D eigenvalue weighted by molar-refractivity contribution is 6.07. The summed E-state index contributed by atoms with van der Waals surface area (Å²) in [7, 11) is 0. The molecule has 0 saturated carbocycles. The topological polar surface area (TPSA) is 59.5 Å². The number of amides is 1. The SMILES string of the molecule is CCc1occc1C(=O)N1CCCc2c(N)cccc21. The van der Waals surface area contributed by atoms with E-state index in [2.05, 4.69) is 0 Å². The summed E-state index contributed by atoms with van der Waals surface area (Å²) in [6, 6.07) is 7.51. The van der Waals surface area contributed by atoms with Crippen LogP contribution in [0, 0.1) is 0 Å². The number of nitrogens with two attached hydrogens (primary N) is 1. The third-order valence-electron chi connectivity index (χ3n) is 3.83. The average Bonchev–Trinajstić information content (AvgIpc) is 2.95. The molecule has 1 aromatic carbocycles. The van der Waals surface area contributed by atoms with E-state index in [9.17, 15) is 4.79 Å². The number of anilines is 2. The minimum Gasteiger partial charge on any atom is -0.469 e. The second-order valence-corrected chi connectivity index (χ2v) is 5.02. The van der Waals surface area contributed by atoms with Gasteiger partial charge in [-0.15, -0.1) is 0 Å². The van der Waals surface area contributed by atoms with E-state index >= 15 is 0 Å². The molecule has 104 valence electrons. The van der Waals surface area contributed by atoms with Crippen LogP contribution in [0.15, 0.2) is 34.9 Å². The van der Waals surface area contributed by atoms with E-state index in [1.54, 1.807) is 12.3 Å². The molecule has 2 N–H and O–H groups in total. The Morgan fingerprint density at radius 1 is 1.40 bits per heavy atom. The highest BCUT2D eigenvalue weighted by Crippen LogP contribution is 2.32. The van der Waals surface area contributed by atoms with Crippen molar-refractivity contribution in [2.75, 3.05) is 17.2 Å². The molecule has 2 heterocycles. The van der Waals surface area contributed by atoms with Crippen LogP contribution in [0.1, 0.15) is 35.0 Å². The van der Waals surface area contributed by atoms with Gasteiger partial charge in [-0.25, -0.2) is 0 Å². The van der Waals surface area contributed by atoms with Crippen molar-refractivity contribution in [2.24, 2.45) is 0 Å². The van der Waals surface area contributed by atoms with Crippen LogP contribution in [-0.4, -0.2) is 12.5 Å². The Kier molecular flexibility index (Phi) is 3.22. The first-order chi connectivity index (χ1) is 9.72. The first kappa shape index (κ1) is 12.8. The van der Waals surface area contributed by atoms with Gasteiger partial charge in [0.2, 0.25) is 0 Å². The molecule has 1 aliphatic heterocycles. The lowest BCUT2D eigenvalue weighted by atomic mass is 9.99. The molecular formula is C16H18N2O2. The van der Waals surface area contributed by atoms with Crippen molar-refractivity contribution in [2.45, 2.75) is 26.2 Å². The van der Waals surface area contributed by atoms with Crippen LogP contribution in [0.5, 0.6) is 0 Å². The van der Waals surface area contributed by atoms with Gasteiger partial charge in [0.25, 0.3) is 5.91 Å². The normalized spacial score (nSPS) is 14.2. The molecule has 0 saturated heterocycles. The zero-order valence-electron chi connectivity index (χ0n) is 11.6. The Balaban J connectivity index is 2.01. The van der Waals surface area contributed by atoms with Gasteiger partial charge in [-0.05, 0) is 36.6 Å². The van der Waals surface area contributed by atoms with Crippen LogP contribution in [0.4, 0.5) is 11.4 Å². The average molecular weight is 270 g/mol. The molecule has 0 atom stereocenters. The zero-order valence-corrected chi connectivity index (χ0v) is 11.6. The quantitative estimate of drug-likeness (QED) is 0.853. The summed E-state index contributed by atoms with van der Waals surface area (Å²) in [4.78, 5) is 14.6. The number of fused-ring (bicyclic) bond motifs is 1. The van der Waals surface area contributed by atoms with Gasteiger partial charge in [-0.3, -0.25) is 4.79 Å². The molecule has 20 heavy (non-hydrogen) atoms. The van der Waals surface area contributed by atoms with Crippen molar-refractivity contribution in [3.05, 3.63) is 47.4 Å². The maximum atomic E-state index is 12.7. The lowest BCUT2D eigenvalue weighted by Crippen LogP contribution is -2.36. The zero-order chi connectivity index (χ0) is 14.1. The highest BCUT2D eigenvalue weighted by Gasteiger charge is 2.26. The first-order valence-corrected chi connectivity index (χ1v) is 6.98. The molecule has 1 amide bonds. The number of nitrogen functional groups attached to an aromatic ring is 1. The second-order valence-electron chi connectivity index (χ2n) is 5.02. The van der Waals surface area contributed by atoms with E-state index in [1.165, 1.54) is 0 Å². The number of hydrogen-bond donors (Lipinski definition) is 1. The summed E-state index contributed by atoms with van der Waals surface area (Å²) in [5.74, 6) is 0.744. The number of benzene rings is 1. The fourth-order valence-corrected chi connectivity index (χ4v) is 2.81. The Labute approximate surface area is 118 Å². The molecule has 0 bridgehead atoms. The lowest BCUT2D eigenvalue weighted by molar-refractivity contribution is 0.0983. The summed E-state index contributed by atoms with van der Waals surface area (Å²) in [5.41, 5.74) is 9.46. The Morgan fingerprint density at radius 2 is 2.25 bits per heavy atom. The Morgan fingerprint density at radius 3 is 3.05 bits per heavy atom. The molecular weight excluding hydrogens is 252 g/mol. The van der Waals surface area contributed by atoms with Crippen molar-refractivity contribution >= 4 is 17.3 Å².